The molecule has 1 aromatic rings. The van der Waals surface area contributed by atoms with Crippen LogP contribution in [0, 0.1) is 0 Å². The monoisotopic (exact) mass is 463 g/mol. The molecule has 0 saturated carbocycles. The fraction of sp³-hybridized carbons (Fsp3) is 0.550. The third-order valence-electron chi connectivity index (χ3n) is 4.76. The van der Waals surface area contributed by atoms with Gasteiger partial charge in [-0.3, -0.25) is 14.5 Å². The van der Waals surface area contributed by atoms with E-state index in [-0.39, 0.29) is 19.4 Å². The molecule has 0 aliphatic carbocycles. The summed E-state index contributed by atoms with van der Waals surface area (Å²) in [7, 11) is 0. The maximum atomic E-state index is 13.2. The summed E-state index contributed by atoms with van der Waals surface area (Å²) >= 11 is 5.99. The number of rotatable bonds is 8. The lowest BCUT2D eigenvalue weighted by Crippen LogP contribution is -2.55. The van der Waals surface area contributed by atoms with Crippen molar-refractivity contribution in [1.82, 2.24) is 10.6 Å². The first-order valence-corrected chi connectivity index (χ1v) is 10.3. The SMILES string of the molecule is CCCCOC(=O)N[C@@H](CC)C(=O)N1c2ccc(Cl)cc2C[C@H]1C(=O)NCC(F)(F)F. The molecule has 2 N–H and O–H groups in total. The molecule has 11 heteroatoms. The van der Waals surface area contributed by atoms with Crippen molar-refractivity contribution in [2.45, 2.75) is 57.8 Å². The number of nitrogens with zero attached hydrogens (tertiary/aromatic N) is 1. The number of carbonyl (C=O) groups is 3. The number of hydrogen-bond donors (Lipinski definition) is 2. The van der Waals surface area contributed by atoms with Crippen LogP contribution in [0.15, 0.2) is 18.2 Å². The number of unbranched alkanes of at least 4 members (excludes halogenated alkanes) is 1. The lowest BCUT2D eigenvalue weighted by Gasteiger charge is -2.29. The Balaban J connectivity index is 2.23. The normalized spacial score (nSPS) is 16.5. The van der Waals surface area contributed by atoms with Crippen molar-refractivity contribution in [3.05, 3.63) is 28.8 Å². The Labute approximate surface area is 183 Å². The van der Waals surface area contributed by atoms with Gasteiger partial charge in [-0.2, -0.15) is 13.2 Å². The maximum absolute atomic E-state index is 13.2. The Morgan fingerprint density at radius 3 is 2.61 bits per heavy atom. The summed E-state index contributed by atoms with van der Waals surface area (Å²) in [4.78, 5) is 38.9. The molecule has 0 saturated heterocycles. The number of alkyl carbamates (subject to hydrolysis) is 1. The minimum Gasteiger partial charge on any atom is -0.450 e. The quantitative estimate of drug-likeness (QED) is 0.577. The Bertz CT molecular complexity index is 819. The molecule has 3 amide bonds. The first kappa shape index (κ1) is 24.8. The van der Waals surface area contributed by atoms with Crippen molar-refractivity contribution in [3.63, 3.8) is 0 Å². The molecule has 0 spiro atoms. The van der Waals surface area contributed by atoms with Gasteiger partial charge in [0, 0.05) is 17.1 Å². The van der Waals surface area contributed by atoms with Gasteiger partial charge in [0.1, 0.15) is 18.6 Å². The molecule has 0 bridgehead atoms. The van der Waals surface area contributed by atoms with Gasteiger partial charge in [-0.1, -0.05) is 31.9 Å². The second-order valence-corrected chi connectivity index (χ2v) is 7.57. The van der Waals surface area contributed by atoms with E-state index in [9.17, 15) is 27.6 Å². The first-order valence-electron chi connectivity index (χ1n) is 9.96. The molecule has 7 nitrogen and oxygen atoms in total. The molecule has 0 radical (unpaired) electrons. The van der Waals surface area contributed by atoms with Gasteiger partial charge in [-0.25, -0.2) is 4.79 Å². The van der Waals surface area contributed by atoms with Crippen LogP contribution in [0.1, 0.15) is 38.7 Å². The van der Waals surface area contributed by atoms with Crippen LogP contribution < -0.4 is 15.5 Å². The zero-order valence-corrected chi connectivity index (χ0v) is 18.0. The minimum atomic E-state index is -4.59. The number of halogens is 4. The summed E-state index contributed by atoms with van der Waals surface area (Å²) in [5.74, 6) is -1.57. The first-order chi connectivity index (χ1) is 14.6. The van der Waals surface area contributed by atoms with Gasteiger partial charge >= 0.3 is 12.3 Å². The lowest BCUT2D eigenvalue weighted by molar-refractivity contribution is -0.139. The van der Waals surface area contributed by atoms with Crippen molar-refractivity contribution >= 4 is 35.2 Å². The smallest absolute Gasteiger partial charge is 0.407 e. The summed E-state index contributed by atoms with van der Waals surface area (Å²) in [5.41, 5.74) is 0.912. The standard InChI is InChI=1S/C20H25ClF3N3O4/c1-3-5-8-31-19(30)26-14(4-2)18(29)27-15-7-6-13(21)9-12(15)10-16(27)17(28)25-11-20(22,23)24/h6-7,9,14,16H,3-5,8,10-11H2,1-2H3,(H,25,28)(H,26,30)/t14-,16-/m0/s1. The van der Waals surface area contributed by atoms with Crippen LogP contribution >= 0.6 is 11.6 Å². The number of fused-ring (bicyclic) bond motifs is 1. The van der Waals surface area contributed by atoms with Gasteiger partial charge in [0.25, 0.3) is 0 Å². The van der Waals surface area contributed by atoms with E-state index >= 15 is 0 Å². The number of alkyl halides is 3. The Hall–Kier alpha value is -2.49. The van der Waals surface area contributed by atoms with Gasteiger partial charge in [0.05, 0.1) is 6.61 Å². The Morgan fingerprint density at radius 1 is 1.29 bits per heavy atom. The van der Waals surface area contributed by atoms with Gasteiger partial charge in [0.2, 0.25) is 11.8 Å². The Morgan fingerprint density at radius 2 is 2.00 bits per heavy atom. The number of amides is 3. The van der Waals surface area contributed by atoms with Gasteiger partial charge in [0.15, 0.2) is 0 Å². The zero-order valence-electron chi connectivity index (χ0n) is 17.2. The van der Waals surface area contributed by atoms with E-state index in [2.05, 4.69) is 5.32 Å². The van der Waals surface area contributed by atoms with Gasteiger partial charge in [-0.05, 0) is 36.6 Å². The van der Waals surface area contributed by atoms with E-state index in [0.29, 0.717) is 22.7 Å². The zero-order chi connectivity index (χ0) is 23.2. The molecule has 172 valence electrons. The second kappa shape index (κ2) is 10.7. The molecule has 2 atom stereocenters. The predicted molar refractivity (Wildman–Crippen MR) is 109 cm³/mol. The van der Waals surface area contributed by atoms with Crippen LogP contribution in [0.2, 0.25) is 5.02 Å². The van der Waals surface area contributed by atoms with Crippen LogP contribution in [0.25, 0.3) is 0 Å². The minimum absolute atomic E-state index is 0.00268. The summed E-state index contributed by atoms with van der Waals surface area (Å²) in [5, 5.41) is 4.67. The molecule has 31 heavy (non-hydrogen) atoms. The number of hydrogen-bond acceptors (Lipinski definition) is 4. The van der Waals surface area contributed by atoms with E-state index < -0.39 is 42.7 Å². The molecule has 0 fully saturated rings. The van der Waals surface area contributed by atoms with E-state index in [1.54, 1.807) is 13.0 Å². The fourth-order valence-electron chi connectivity index (χ4n) is 3.21. The molecular formula is C20H25ClF3N3O4. The predicted octanol–water partition coefficient (Wildman–Crippen LogP) is 3.58. The summed E-state index contributed by atoms with van der Waals surface area (Å²) in [6.07, 6.45) is -3.68. The highest BCUT2D eigenvalue weighted by atomic mass is 35.5. The fourth-order valence-corrected chi connectivity index (χ4v) is 3.40. The average molecular weight is 464 g/mol. The number of nitrogens with one attached hydrogen (secondary N) is 2. The van der Waals surface area contributed by atoms with Crippen LogP contribution in [-0.4, -0.2) is 49.3 Å². The highest BCUT2D eigenvalue weighted by Crippen LogP contribution is 2.35. The van der Waals surface area contributed by atoms with Gasteiger partial charge < -0.3 is 15.4 Å². The van der Waals surface area contributed by atoms with Crippen LogP contribution in [0.5, 0.6) is 0 Å². The summed E-state index contributed by atoms with van der Waals surface area (Å²) < 4.78 is 42.7. The molecule has 2 rings (SSSR count). The molecular weight excluding hydrogens is 439 g/mol. The largest absolute Gasteiger partial charge is 0.450 e. The second-order valence-electron chi connectivity index (χ2n) is 7.13. The van der Waals surface area contributed by atoms with E-state index in [1.165, 1.54) is 12.1 Å². The average Bonchev–Trinajstić information content (AvgIpc) is 3.07. The molecule has 1 aromatic carbocycles. The summed E-state index contributed by atoms with van der Waals surface area (Å²) in [6, 6.07) is 2.38. The molecule has 0 unspecified atom stereocenters. The van der Waals surface area contributed by atoms with E-state index in [4.69, 9.17) is 16.3 Å². The van der Waals surface area contributed by atoms with Crippen molar-refractivity contribution in [3.8, 4) is 0 Å². The van der Waals surface area contributed by atoms with Crippen molar-refractivity contribution in [1.29, 1.82) is 0 Å². The summed E-state index contributed by atoms with van der Waals surface area (Å²) in [6.45, 7) is 2.27. The van der Waals surface area contributed by atoms with Crippen molar-refractivity contribution < 1.29 is 32.3 Å². The molecule has 1 aliphatic rings. The maximum Gasteiger partial charge on any atom is 0.407 e. The third kappa shape index (κ3) is 6.75. The van der Waals surface area contributed by atoms with Crippen LogP contribution in [-0.2, 0) is 20.7 Å². The Kier molecular flexibility index (Phi) is 8.55. The van der Waals surface area contributed by atoms with Crippen LogP contribution in [0.4, 0.5) is 23.7 Å². The number of anilines is 1. The van der Waals surface area contributed by atoms with E-state index in [1.807, 2.05) is 12.2 Å². The van der Waals surface area contributed by atoms with Gasteiger partial charge in [-0.15, -0.1) is 0 Å². The van der Waals surface area contributed by atoms with Crippen LogP contribution in [0.3, 0.4) is 0 Å². The highest BCUT2D eigenvalue weighted by Gasteiger charge is 2.42. The lowest BCUT2D eigenvalue weighted by atomic mass is 10.1. The number of carbonyl (C=O) groups excluding carboxylic acids is 3. The van der Waals surface area contributed by atoms with Crippen molar-refractivity contribution in [2.75, 3.05) is 18.1 Å². The molecule has 0 aromatic heterocycles. The molecule has 1 aliphatic heterocycles. The third-order valence-corrected chi connectivity index (χ3v) is 4.99. The van der Waals surface area contributed by atoms with E-state index in [0.717, 1.165) is 11.3 Å². The molecule has 1 heterocycles. The van der Waals surface area contributed by atoms with Crippen molar-refractivity contribution in [2.24, 2.45) is 0 Å². The highest BCUT2D eigenvalue weighted by molar-refractivity contribution is 6.30. The number of ether oxygens (including phenoxy) is 1. The topological polar surface area (TPSA) is 87.7 Å². The number of benzene rings is 1.